The van der Waals surface area contributed by atoms with E-state index in [9.17, 15) is 29.1 Å². The molecule has 0 spiro atoms. The predicted octanol–water partition coefficient (Wildman–Crippen LogP) is 1.69. The average molecular weight is 585 g/mol. The van der Waals surface area contributed by atoms with Gasteiger partial charge in [0.25, 0.3) is 0 Å². The van der Waals surface area contributed by atoms with Crippen molar-refractivity contribution in [2.75, 3.05) is 20.7 Å². The van der Waals surface area contributed by atoms with Gasteiger partial charge in [-0.1, -0.05) is 42.5 Å². The van der Waals surface area contributed by atoms with Crippen molar-refractivity contribution in [2.24, 2.45) is 0 Å². The van der Waals surface area contributed by atoms with E-state index in [0.29, 0.717) is 5.56 Å². The van der Waals surface area contributed by atoms with Crippen molar-refractivity contribution in [1.82, 2.24) is 20.9 Å². The van der Waals surface area contributed by atoms with Crippen molar-refractivity contribution in [3.8, 4) is 5.75 Å². The van der Waals surface area contributed by atoms with E-state index in [1.165, 1.54) is 38.1 Å². The lowest BCUT2D eigenvalue weighted by molar-refractivity contribution is -0.151. The fourth-order valence-corrected chi connectivity index (χ4v) is 3.87. The first-order chi connectivity index (χ1) is 19.7. The van der Waals surface area contributed by atoms with E-state index in [-0.39, 0.29) is 18.6 Å². The zero-order chi connectivity index (χ0) is 31.4. The highest BCUT2D eigenvalue weighted by molar-refractivity contribution is 5.93. The number of nitrogens with zero attached hydrogens (tertiary/aromatic N) is 1. The number of nitrogens with one attached hydrogen (secondary N) is 3. The van der Waals surface area contributed by atoms with Crippen molar-refractivity contribution in [3.05, 3.63) is 65.7 Å². The molecule has 2 aromatic carbocycles. The van der Waals surface area contributed by atoms with Crippen LogP contribution in [0.15, 0.2) is 54.6 Å². The lowest BCUT2D eigenvalue weighted by atomic mass is 10.0. The van der Waals surface area contributed by atoms with Gasteiger partial charge >= 0.3 is 12.1 Å². The molecule has 0 aliphatic heterocycles. The Balaban J connectivity index is 2.02. The quantitative estimate of drug-likeness (QED) is 0.274. The van der Waals surface area contributed by atoms with Crippen molar-refractivity contribution in [2.45, 2.75) is 64.3 Å². The summed E-state index contributed by atoms with van der Waals surface area (Å²) in [5.74, 6) is -2.40. The average Bonchev–Trinajstić information content (AvgIpc) is 2.93. The zero-order valence-electron chi connectivity index (χ0n) is 24.8. The predicted molar refractivity (Wildman–Crippen MR) is 154 cm³/mol. The van der Waals surface area contributed by atoms with E-state index in [1.54, 1.807) is 32.9 Å². The number of phenols is 1. The summed E-state index contributed by atoms with van der Waals surface area (Å²) >= 11 is 0. The second-order valence-electron chi connectivity index (χ2n) is 10.8. The fraction of sp³-hybridized carbons (Fsp3) is 0.433. The second kappa shape index (κ2) is 15.4. The summed E-state index contributed by atoms with van der Waals surface area (Å²) < 4.78 is 10.1. The van der Waals surface area contributed by atoms with E-state index in [0.717, 1.165) is 5.56 Å². The van der Waals surface area contributed by atoms with Gasteiger partial charge in [0, 0.05) is 19.9 Å². The van der Waals surface area contributed by atoms with Crippen LogP contribution in [-0.4, -0.2) is 84.2 Å². The van der Waals surface area contributed by atoms with Crippen LogP contribution in [0.5, 0.6) is 5.75 Å². The summed E-state index contributed by atoms with van der Waals surface area (Å²) in [5, 5.41) is 17.1. The zero-order valence-corrected chi connectivity index (χ0v) is 24.8. The molecule has 2 aromatic rings. The molecule has 0 radical (unpaired) electrons. The third kappa shape index (κ3) is 11.1. The Kier molecular flexibility index (Phi) is 12.3. The van der Waals surface area contributed by atoms with Crippen LogP contribution in [0.25, 0.3) is 0 Å². The maximum atomic E-state index is 13.1. The standard InChI is InChI=1S/C30H40N4O8/c1-19(26(37)31-18-25(36)34(5)24(28(39)41-6)17-20-10-8-7-9-11-20)32-27(38)23(33-29(40)42-30(2,3)4)16-21-12-14-22(35)15-13-21/h7-15,19,23-24,35H,16-18H2,1-6H3,(H,31,37)(H,32,38)(H,33,40)/t19-,23+,24+/m1/s1. The SMILES string of the molecule is COC(=O)[C@H](Cc1ccccc1)N(C)C(=O)CNC(=O)[C@@H](C)NC(=O)[C@H](Cc1ccc(O)cc1)NC(=O)OC(C)(C)C. The molecule has 228 valence electrons. The van der Waals surface area contributed by atoms with Gasteiger partial charge in [-0.05, 0) is 51.0 Å². The number of carbonyl (C=O) groups is 5. The first-order valence-corrected chi connectivity index (χ1v) is 13.4. The van der Waals surface area contributed by atoms with Gasteiger partial charge in [-0.3, -0.25) is 14.4 Å². The lowest BCUT2D eigenvalue weighted by Gasteiger charge is -2.27. The fourth-order valence-electron chi connectivity index (χ4n) is 3.87. The molecule has 0 aliphatic rings. The van der Waals surface area contributed by atoms with Gasteiger partial charge in [-0.15, -0.1) is 0 Å². The maximum absolute atomic E-state index is 13.1. The first-order valence-electron chi connectivity index (χ1n) is 13.4. The van der Waals surface area contributed by atoms with E-state index < -0.39 is 60.1 Å². The molecule has 0 aromatic heterocycles. The normalized spacial score (nSPS) is 13.1. The highest BCUT2D eigenvalue weighted by Gasteiger charge is 2.30. The van der Waals surface area contributed by atoms with E-state index >= 15 is 0 Å². The van der Waals surface area contributed by atoms with E-state index in [2.05, 4.69) is 16.0 Å². The van der Waals surface area contributed by atoms with Crippen LogP contribution in [-0.2, 0) is 41.5 Å². The molecule has 0 unspecified atom stereocenters. The van der Waals surface area contributed by atoms with Gasteiger partial charge in [-0.2, -0.15) is 0 Å². The minimum Gasteiger partial charge on any atom is -0.508 e. The summed E-state index contributed by atoms with van der Waals surface area (Å²) in [6, 6.07) is 12.2. The molecule has 42 heavy (non-hydrogen) atoms. The number of carbonyl (C=O) groups excluding carboxylic acids is 5. The molecule has 0 saturated heterocycles. The number of likely N-dealkylation sites (N-methyl/N-ethyl adjacent to an activating group) is 1. The lowest BCUT2D eigenvalue weighted by Crippen LogP contribution is -2.55. The van der Waals surface area contributed by atoms with E-state index in [4.69, 9.17) is 9.47 Å². The molecule has 0 heterocycles. The monoisotopic (exact) mass is 584 g/mol. The molecule has 4 amide bonds. The van der Waals surface area contributed by atoms with Crippen molar-refractivity contribution in [1.29, 1.82) is 0 Å². The topological polar surface area (TPSA) is 163 Å². The van der Waals surface area contributed by atoms with Gasteiger partial charge in [0.1, 0.15) is 29.5 Å². The molecule has 3 atom stereocenters. The van der Waals surface area contributed by atoms with Gasteiger partial charge in [0.2, 0.25) is 17.7 Å². The molecule has 12 nitrogen and oxygen atoms in total. The summed E-state index contributed by atoms with van der Waals surface area (Å²) in [7, 11) is 2.68. The Bertz CT molecular complexity index is 1230. The number of phenolic OH excluding ortho intramolecular Hbond substituents is 1. The van der Waals surface area contributed by atoms with Crippen molar-refractivity contribution >= 4 is 29.8 Å². The van der Waals surface area contributed by atoms with Crippen LogP contribution in [0, 0.1) is 0 Å². The van der Waals surface area contributed by atoms with Gasteiger partial charge in [0.15, 0.2) is 0 Å². The maximum Gasteiger partial charge on any atom is 0.408 e. The number of esters is 1. The Morgan fingerprint density at radius 1 is 0.881 bits per heavy atom. The summed E-state index contributed by atoms with van der Waals surface area (Å²) in [4.78, 5) is 64.7. The molecule has 4 N–H and O–H groups in total. The number of amides is 4. The summed E-state index contributed by atoms with van der Waals surface area (Å²) in [6.45, 7) is 6.05. The molecule has 0 fully saturated rings. The van der Waals surface area contributed by atoms with Crippen LogP contribution in [0.2, 0.25) is 0 Å². The first kappa shape index (κ1) is 33.6. The third-order valence-corrected chi connectivity index (χ3v) is 6.16. The molecular weight excluding hydrogens is 544 g/mol. The number of benzene rings is 2. The molecule has 0 bridgehead atoms. The number of ether oxygens (including phenoxy) is 2. The van der Waals surface area contributed by atoms with Gasteiger partial charge in [0.05, 0.1) is 13.7 Å². The number of rotatable bonds is 12. The third-order valence-electron chi connectivity index (χ3n) is 6.16. The van der Waals surface area contributed by atoms with Crippen molar-refractivity contribution < 1.29 is 38.6 Å². The Morgan fingerprint density at radius 3 is 2.05 bits per heavy atom. The smallest absolute Gasteiger partial charge is 0.408 e. The Labute approximate surface area is 245 Å². The van der Waals surface area contributed by atoms with E-state index in [1.807, 2.05) is 30.3 Å². The van der Waals surface area contributed by atoms with Crippen LogP contribution in [0.1, 0.15) is 38.8 Å². The largest absolute Gasteiger partial charge is 0.508 e. The minimum absolute atomic E-state index is 0.0447. The molecule has 0 saturated carbocycles. The molecule has 0 aliphatic carbocycles. The molecule has 12 heteroatoms. The van der Waals surface area contributed by atoms with Crippen LogP contribution < -0.4 is 16.0 Å². The van der Waals surface area contributed by atoms with Crippen LogP contribution >= 0.6 is 0 Å². The Hall–Kier alpha value is -4.61. The second-order valence-corrected chi connectivity index (χ2v) is 10.8. The number of alkyl carbamates (subject to hydrolysis) is 1. The number of hydrogen-bond donors (Lipinski definition) is 4. The van der Waals surface area contributed by atoms with Gasteiger partial charge in [-0.25, -0.2) is 9.59 Å². The highest BCUT2D eigenvalue weighted by atomic mass is 16.6. The van der Waals surface area contributed by atoms with Crippen LogP contribution in [0.4, 0.5) is 4.79 Å². The molecule has 2 rings (SSSR count). The number of methoxy groups -OCH3 is 1. The highest BCUT2D eigenvalue weighted by Crippen LogP contribution is 2.13. The number of aromatic hydroxyl groups is 1. The van der Waals surface area contributed by atoms with Crippen LogP contribution in [0.3, 0.4) is 0 Å². The van der Waals surface area contributed by atoms with Crippen molar-refractivity contribution in [3.63, 3.8) is 0 Å². The Morgan fingerprint density at radius 2 is 1.48 bits per heavy atom. The number of hydrogen-bond acceptors (Lipinski definition) is 8. The molecular formula is C30H40N4O8. The van der Waals surface area contributed by atoms with Gasteiger partial charge < -0.3 is 35.4 Å². The summed E-state index contributed by atoms with van der Waals surface area (Å²) in [5.41, 5.74) is 0.671. The minimum atomic E-state index is -1.11. The summed E-state index contributed by atoms with van der Waals surface area (Å²) in [6.07, 6.45) is -0.537.